The van der Waals surface area contributed by atoms with Crippen LogP contribution in [0.1, 0.15) is 33.3 Å². The second-order valence-electron chi connectivity index (χ2n) is 3.39. The fraction of sp³-hybridized carbons (Fsp3) is 0.333. The van der Waals surface area contributed by atoms with Crippen molar-refractivity contribution in [2.75, 3.05) is 11.9 Å². The van der Waals surface area contributed by atoms with E-state index in [2.05, 4.69) is 23.1 Å². The van der Waals surface area contributed by atoms with Gasteiger partial charge in [0.1, 0.15) is 17.5 Å². The van der Waals surface area contributed by atoms with Gasteiger partial charge in [-0.1, -0.05) is 38.7 Å². The minimum absolute atomic E-state index is 0.548. The highest BCUT2D eigenvalue weighted by Gasteiger charge is 2.09. The summed E-state index contributed by atoms with van der Waals surface area (Å²) in [6.07, 6.45) is 8.90. The van der Waals surface area contributed by atoms with E-state index in [1.807, 2.05) is 45.9 Å². The van der Waals surface area contributed by atoms with Gasteiger partial charge in [0.25, 0.3) is 0 Å². The van der Waals surface area contributed by atoms with Crippen LogP contribution in [0.4, 0.5) is 5.82 Å². The van der Waals surface area contributed by atoms with Crippen LogP contribution >= 0.6 is 0 Å². The quantitative estimate of drug-likeness (QED) is 0.817. The third-order valence-electron chi connectivity index (χ3n) is 2.15. The standard InChI is InChI=1S/C13H16N4.C2H6/c1-4-6-7-8-11(3)17-13(15-5-2)12(9-14)10-16-17;1-2/h4,6-8,10,15H,1,5H2,2-3H3;1-2H3/b7-6-,11-8+;. The Morgan fingerprint density at radius 1 is 1.53 bits per heavy atom. The number of aromatic nitrogens is 2. The summed E-state index contributed by atoms with van der Waals surface area (Å²) >= 11 is 0. The summed E-state index contributed by atoms with van der Waals surface area (Å²) in [6.45, 7) is 12.3. The van der Waals surface area contributed by atoms with Gasteiger partial charge in [-0.2, -0.15) is 10.4 Å². The number of allylic oxidation sites excluding steroid dienone is 5. The zero-order valence-electron chi connectivity index (χ0n) is 12.1. The number of nitrogens with one attached hydrogen (secondary N) is 1. The van der Waals surface area contributed by atoms with Gasteiger partial charge >= 0.3 is 0 Å². The molecule has 19 heavy (non-hydrogen) atoms. The van der Waals surface area contributed by atoms with E-state index >= 15 is 0 Å². The summed E-state index contributed by atoms with van der Waals surface area (Å²) < 4.78 is 1.72. The van der Waals surface area contributed by atoms with Crippen LogP contribution in [-0.4, -0.2) is 16.3 Å². The minimum Gasteiger partial charge on any atom is -0.369 e. The molecule has 0 unspecified atom stereocenters. The van der Waals surface area contributed by atoms with E-state index in [-0.39, 0.29) is 0 Å². The Hall–Kier alpha value is -2.28. The lowest BCUT2D eigenvalue weighted by molar-refractivity contribution is 0.892. The van der Waals surface area contributed by atoms with Crippen molar-refractivity contribution in [2.24, 2.45) is 0 Å². The van der Waals surface area contributed by atoms with Crippen molar-refractivity contribution in [2.45, 2.75) is 27.7 Å². The van der Waals surface area contributed by atoms with Gasteiger partial charge in [0.05, 0.1) is 6.20 Å². The predicted octanol–water partition coefficient (Wildman–Crippen LogP) is 3.82. The van der Waals surface area contributed by atoms with Gasteiger partial charge in [-0.15, -0.1) is 0 Å². The maximum absolute atomic E-state index is 8.96. The fourth-order valence-electron chi connectivity index (χ4n) is 1.38. The Bertz CT molecular complexity index is 487. The Balaban J connectivity index is 0.00000154. The lowest BCUT2D eigenvalue weighted by Crippen LogP contribution is -2.06. The molecule has 0 aliphatic carbocycles. The molecule has 0 aliphatic rings. The minimum atomic E-state index is 0.548. The smallest absolute Gasteiger partial charge is 0.147 e. The Kier molecular flexibility index (Phi) is 8.55. The zero-order valence-corrected chi connectivity index (χ0v) is 12.1. The number of nitriles is 1. The SMILES string of the molecule is C=C/C=C\C=C(/C)n1ncc(C#N)c1NCC.CC. The molecule has 0 saturated heterocycles. The lowest BCUT2D eigenvalue weighted by atomic mass is 10.3. The van der Waals surface area contributed by atoms with E-state index < -0.39 is 0 Å². The third-order valence-corrected chi connectivity index (χ3v) is 2.15. The first-order chi connectivity index (χ1) is 9.24. The molecule has 4 nitrogen and oxygen atoms in total. The lowest BCUT2D eigenvalue weighted by Gasteiger charge is -2.08. The van der Waals surface area contributed by atoms with Crippen molar-refractivity contribution < 1.29 is 0 Å². The van der Waals surface area contributed by atoms with E-state index in [1.54, 1.807) is 17.0 Å². The molecule has 1 N–H and O–H groups in total. The summed E-state index contributed by atoms with van der Waals surface area (Å²) in [5.41, 5.74) is 1.48. The van der Waals surface area contributed by atoms with Crippen LogP contribution in [0, 0.1) is 11.3 Å². The van der Waals surface area contributed by atoms with Gasteiger partial charge in [0.2, 0.25) is 0 Å². The molecular weight excluding hydrogens is 236 g/mol. The first-order valence-corrected chi connectivity index (χ1v) is 6.43. The van der Waals surface area contributed by atoms with E-state index in [4.69, 9.17) is 5.26 Å². The molecule has 0 aliphatic heterocycles. The van der Waals surface area contributed by atoms with Gasteiger partial charge in [-0.3, -0.25) is 0 Å². The number of hydrogen-bond acceptors (Lipinski definition) is 3. The van der Waals surface area contributed by atoms with E-state index in [0.717, 1.165) is 18.1 Å². The van der Waals surface area contributed by atoms with Gasteiger partial charge in [-0.25, -0.2) is 4.68 Å². The molecular formula is C15H22N4. The first-order valence-electron chi connectivity index (χ1n) is 6.43. The largest absolute Gasteiger partial charge is 0.369 e. The fourth-order valence-corrected chi connectivity index (χ4v) is 1.38. The maximum atomic E-state index is 8.96. The Morgan fingerprint density at radius 2 is 2.21 bits per heavy atom. The van der Waals surface area contributed by atoms with Crippen LogP contribution in [0.3, 0.4) is 0 Å². The third kappa shape index (κ3) is 4.84. The maximum Gasteiger partial charge on any atom is 0.147 e. The molecule has 1 heterocycles. The molecule has 1 aromatic rings. The average molecular weight is 258 g/mol. The van der Waals surface area contributed by atoms with Crippen LogP contribution in [0.15, 0.2) is 37.1 Å². The van der Waals surface area contributed by atoms with E-state index in [0.29, 0.717) is 5.56 Å². The highest BCUT2D eigenvalue weighted by atomic mass is 15.3. The van der Waals surface area contributed by atoms with Crippen LogP contribution in [-0.2, 0) is 0 Å². The molecule has 0 amide bonds. The zero-order chi connectivity index (χ0) is 14.7. The molecule has 0 atom stereocenters. The van der Waals surface area contributed by atoms with E-state index in [1.165, 1.54) is 0 Å². The van der Waals surface area contributed by atoms with E-state index in [9.17, 15) is 0 Å². The summed E-state index contributed by atoms with van der Waals surface area (Å²) in [6, 6.07) is 2.12. The molecule has 0 bridgehead atoms. The molecule has 0 saturated carbocycles. The highest BCUT2D eigenvalue weighted by Crippen LogP contribution is 2.18. The number of rotatable bonds is 5. The van der Waals surface area contributed by atoms with Gasteiger partial charge in [0.15, 0.2) is 0 Å². The molecule has 0 aromatic carbocycles. The molecule has 102 valence electrons. The molecule has 0 radical (unpaired) electrons. The van der Waals surface area contributed by atoms with Crippen molar-refractivity contribution >= 4 is 11.5 Å². The summed E-state index contributed by atoms with van der Waals surface area (Å²) in [7, 11) is 0. The average Bonchev–Trinajstić information content (AvgIpc) is 2.84. The number of hydrogen-bond donors (Lipinski definition) is 1. The van der Waals surface area contributed by atoms with Crippen molar-refractivity contribution in [3.8, 4) is 6.07 Å². The molecule has 0 spiro atoms. The van der Waals surface area contributed by atoms with Crippen LogP contribution in [0.25, 0.3) is 5.70 Å². The van der Waals surface area contributed by atoms with Crippen molar-refractivity contribution in [1.29, 1.82) is 5.26 Å². The highest BCUT2D eigenvalue weighted by molar-refractivity contribution is 5.60. The molecule has 4 heteroatoms. The van der Waals surface area contributed by atoms with Crippen LogP contribution in [0.5, 0.6) is 0 Å². The topological polar surface area (TPSA) is 53.6 Å². The number of nitrogens with zero attached hydrogens (tertiary/aromatic N) is 3. The Labute approximate surface area is 115 Å². The second kappa shape index (κ2) is 9.72. The van der Waals surface area contributed by atoms with Crippen LogP contribution < -0.4 is 5.32 Å². The van der Waals surface area contributed by atoms with Gasteiger partial charge in [0, 0.05) is 12.2 Å². The summed E-state index contributed by atoms with van der Waals surface area (Å²) in [5, 5.41) is 16.3. The molecule has 1 aromatic heterocycles. The summed E-state index contributed by atoms with van der Waals surface area (Å²) in [4.78, 5) is 0. The van der Waals surface area contributed by atoms with Gasteiger partial charge < -0.3 is 5.32 Å². The number of anilines is 1. The molecule has 0 fully saturated rings. The monoisotopic (exact) mass is 258 g/mol. The molecule has 1 rings (SSSR count). The normalized spacial score (nSPS) is 10.6. The van der Waals surface area contributed by atoms with Crippen molar-refractivity contribution in [3.05, 3.63) is 42.6 Å². The second-order valence-corrected chi connectivity index (χ2v) is 3.39. The van der Waals surface area contributed by atoms with Crippen molar-refractivity contribution in [1.82, 2.24) is 9.78 Å². The first kappa shape index (κ1) is 16.7. The summed E-state index contributed by atoms with van der Waals surface area (Å²) in [5.74, 6) is 0.732. The predicted molar refractivity (Wildman–Crippen MR) is 81.7 cm³/mol. The van der Waals surface area contributed by atoms with Crippen molar-refractivity contribution in [3.63, 3.8) is 0 Å². The van der Waals surface area contributed by atoms with Gasteiger partial charge in [-0.05, 0) is 19.9 Å². The van der Waals surface area contributed by atoms with Crippen LogP contribution in [0.2, 0.25) is 0 Å². The Morgan fingerprint density at radius 3 is 2.74 bits per heavy atom.